The Morgan fingerprint density at radius 3 is 3.13 bits per heavy atom. The van der Waals surface area contributed by atoms with Crippen LogP contribution in [0.2, 0.25) is 0 Å². The molecule has 1 aliphatic heterocycles. The molecule has 2 aliphatic rings. The van der Waals surface area contributed by atoms with Crippen molar-refractivity contribution in [1.82, 2.24) is 9.88 Å². The average molecular weight is 330 g/mol. The summed E-state index contributed by atoms with van der Waals surface area (Å²) in [6, 6.07) is 6.72. The van der Waals surface area contributed by atoms with Crippen LogP contribution >= 0.6 is 11.3 Å². The molecule has 4 rings (SSSR count). The van der Waals surface area contributed by atoms with Gasteiger partial charge in [-0.05, 0) is 46.9 Å². The SMILES string of the molecule is c1cncc(CO[C@@H]2CC[C@@H]3[C@@H]2OCCN3Cc2ccsc2)c1. The Hall–Kier alpha value is -1.27. The predicted octanol–water partition coefficient (Wildman–Crippen LogP) is 3.09. The maximum atomic E-state index is 6.15. The quantitative estimate of drug-likeness (QED) is 0.844. The van der Waals surface area contributed by atoms with E-state index in [1.54, 1.807) is 17.5 Å². The van der Waals surface area contributed by atoms with Crippen molar-refractivity contribution >= 4 is 11.3 Å². The van der Waals surface area contributed by atoms with Crippen molar-refractivity contribution in [3.63, 3.8) is 0 Å². The second kappa shape index (κ2) is 7.09. The predicted molar refractivity (Wildman–Crippen MR) is 90.3 cm³/mol. The molecule has 1 saturated heterocycles. The average Bonchev–Trinajstić information content (AvgIpc) is 3.24. The molecule has 4 nitrogen and oxygen atoms in total. The van der Waals surface area contributed by atoms with Crippen LogP contribution in [0.1, 0.15) is 24.0 Å². The van der Waals surface area contributed by atoms with Crippen LogP contribution < -0.4 is 0 Å². The summed E-state index contributed by atoms with van der Waals surface area (Å²) in [5.41, 5.74) is 2.54. The molecule has 0 N–H and O–H groups in total. The van der Waals surface area contributed by atoms with E-state index in [4.69, 9.17) is 9.47 Å². The molecular formula is C18H22N2O2S. The molecule has 0 radical (unpaired) electrons. The van der Waals surface area contributed by atoms with Gasteiger partial charge >= 0.3 is 0 Å². The summed E-state index contributed by atoms with van der Waals surface area (Å²) in [4.78, 5) is 6.72. The third-order valence-electron chi connectivity index (χ3n) is 4.80. The van der Waals surface area contributed by atoms with E-state index in [0.29, 0.717) is 12.6 Å². The molecule has 23 heavy (non-hydrogen) atoms. The first-order valence-electron chi connectivity index (χ1n) is 8.27. The van der Waals surface area contributed by atoms with Gasteiger partial charge in [0.05, 0.1) is 25.4 Å². The summed E-state index contributed by atoms with van der Waals surface area (Å²) >= 11 is 1.77. The number of thiophene rings is 1. The van der Waals surface area contributed by atoms with E-state index in [9.17, 15) is 0 Å². The van der Waals surface area contributed by atoms with Crippen molar-refractivity contribution in [3.05, 3.63) is 52.5 Å². The minimum Gasteiger partial charge on any atom is -0.373 e. The van der Waals surface area contributed by atoms with Gasteiger partial charge in [-0.2, -0.15) is 11.3 Å². The fourth-order valence-corrected chi connectivity index (χ4v) is 4.33. The Bertz CT molecular complexity index is 605. The normalized spacial score (nSPS) is 27.9. The van der Waals surface area contributed by atoms with Crippen LogP contribution in [0.3, 0.4) is 0 Å². The molecular weight excluding hydrogens is 308 g/mol. The summed E-state index contributed by atoms with van der Waals surface area (Å²) in [5.74, 6) is 0. The zero-order valence-corrected chi connectivity index (χ0v) is 14.0. The standard InChI is InChI=1S/C18H22N2O2S/c1-2-14(10-19-6-1)12-22-17-4-3-16-18(17)21-8-7-20(16)11-15-5-9-23-13-15/h1-2,5-6,9-10,13,16-18H,3-4,7-8,11-12H2/t16-,17-,18+/m1/s1. The van der Waals surface area contributed by atoms with Crippen molar-refractivity contribution in [3.8, 4) is 0 Å². The van der Waals surface area contributed by atoms with Gasteiger partial charge in [0.2, 0.25) is 0 Å². The molecule has 2 aromatic rings. The summed E-state index contributed by atoms with van der Waals surface area (Å²) < 4.78 is 12.2. The lowest BCUT2D eigenvalue weighted by molar-refractivity contribution is -0.118. The Morgan fingerprint density at radius 1 is 1.30 bits per heavy atom. The Labute approximate surface area is 141 Å². The molecule has 5 heteroatoms. The lowest BCUT2D eigenvalue weighted by atomic mass is 10.1. The molecule has 122 valence electrons. The summed E-state index contributed by atoms with van der Waals surface area (Å²) in [7, 11) is 0. The van der Waals surface area contributed by atoms with E-state index >= 15 is 0 Å². The number of hydrogen-bond donors (Lipinski definition) is 0. The zero-order chi connectivity index (χ0) is 15.5. The highest BCUT2D eigenvalue weighted by molar-refractivity contribution is 7.07. The van der Waals surface area contributed by atoms with E-state index in [1.807, 2.05) is 12.3 Å². The van der Waals surface area contributed by atoms with Crippen LogP contribution in [0, 0.1) is 0 Å². The van der Waals surface area contributed by atoms with Gasteiger partial charge < -0.3 is 9.47 Å². The number of pyridine rings is 1. The first-order chi connectivity index (χ1) is 11.4. The number of ether oxygens (including phenoxy) is 2. The monoisotopic (exact) mass is 330 g/mol. The third kappa shape index (κ3) is 3.48. The highest BCUT2D eigenvalue weighted by Gasteiger charge is 2.43. The molecule has 1 aliphatic carbocycles. The van der Waals surface area contributed by atoms with Crippen molar-refractivity contribution in [2.45, 2.75) is 44.2 Å². The molecule has 3 heterocycles. The molecule has 0 bridgehead atoms. The molecule has 2 aromatic heterocycles. The van der Waals surface area contributed by atoms with E-state index in [2.05, 4.69) is 32.8 Å². The van der Waals surface area contributed by atoms with Crippen LogP contribution in [0.4, 0.5) is 0 Å². The summed E-state index contributed by atoms with van der Waals surface area (Å²) in [6.07, 6.45) is 6.31. The second-order valence-electron chi connectivity index (χ2n) is 6.29. The molecule has 0 aromatic carbocycles. The van der Waals surface area contributed by atoms with Gasteiger partial charge in [0.15, 0.2) is 0 Å². The van der Waals surface area contributed by atoms with Crippen molar-refractivity contribution in [1.29, 1.82) is 0 Å². The molecule has 0 amide bonds. The first-order valence-corrected chi connectivity index (χ1v) is 9.21. The van der Waals surface area contributed by atoms with E-state index in [0.717, 1.165) is 38.1 Å². The number of hydrogen-bond acceptors (Lipinski definition) is 5. The van der Waals surface area contributed by atoms with Gasteiger partial charge in [0.1, 0.15) is 0 Å². The number of fused-ring (bicyclic) bond motifs is 1. The van der Waals surface area contributed by atoms with Gasteiger partial charge in [-0.1, -0.05) is 6.07 Å². The molecule has 3 atom stereocenters. The largest absolute Gasteiger partial charge is 0.373 e. The maximum absolute atomic E-state index is 6.15. The van der Waals surface area contributed by atoms with Gasteiger partial charge in [-0.25, -0.2) is 0 Å². The van der Waals surface area contributed by atoms with Crippen LogP contribution in [-0.4, -0.2) is 41.3 Å². The molecule has 0 spiro atoms. The Morgan fingerprint density at radius 2 is 2.30 bits per heavy atom. The molecule has 0 unspecified atom stereocenters. The topological polar surface area (TPSA) is 34.6 Å². The van der Waals surface area contributed by atoms with Gasteiger partial charge in [-0.3, -0.25) is 9.88 Å². The fourth-order valence-electron chi connectivity index (χ4n) is 3.67. The van der Waals surface area contributed by atoms with Crippen molar-refractivity contribution < 1.29 is 9.47 Å². The van der Waals surface area contributed by atoms with Crippen molar-refractivity contribution in [2.75, 3.05) is 13.2 Å². The minimum absolute atomic E-state index is 0.200. The summed E-state index contributed by atoms with van der Waals surface area (Å²) in [5, 5.41) is 4.40. The fraction of sp³-hybridized carbons (Fsp3) is 0.500. The van der Waals surface area contributed by atoms with Crippen molar-refractivity contribution in [2.24, 2.45) is 0 Å². The van der Waals surface area contributed by atoms with Gasteiger partial charge in [0, 0.05) is 31.5 Å². The van der Waals surface area contributed by atoms with Gasteiger partial charge in [-0.15, -0.1) is 0 Å². The van der Waals surface area contributed by atoms with Crippen LogP contribution in [-0.2, 0) is 22.6 Å². The van der Waals surface area contributed by atoms with Crippen LogP contribution in [0.25, 0.3) is 0 Å². The highest BCUT2D eigenvalue weighted by Crippen LogP contribution is 2.33. The maximum Gasteiger partial charge on any atom is 0.0992 e. The first kappa shape index (κ1) is 15.3. The smallest absolute Gasteiger partial charge is 0.0992 e. The summed E-state index contributed by atoms with van der Waals surface area (Å²) in [6.45, 7) is 3.48. The van der Waals surface area contributed by atoms with Crippen LogP contribution in [0.5, 0.6) is 0 Å². The van der Waals surface area contributed by atoms with E-state index < -0.39 is 0 Å². The lowest BCUT2D eigenvalue weighted by Crippen LogP contribution is -2.51. The molecule has 2 fully saturated rings. The lowest BCUT2D eigenvalue weighted by Gasteiger charge is -2.39. The zero-order valence-electron chi connectivity index (χ0n) is 13.1. The number of rotatable bonds is 5. The minimum atomic E-state index is 0.200. The Kier molecular flexibility index (Phi) is 4.71. The third-order valence-corrected chi connectivity index (χ3v) is 5.54. The van der Waals surface area contributed by atoms with Crippen LogP contribution in [0.15, 0.2) is 41.4 Å². The molecule has 1 saturated carbocycles. The highest BCUT2D eigenvalue weighted by atomic mass is 32.1. The van der Waals surface area contributed by atoms with E-state index in [1.165, 1.54) is 5.56 Å². The second-order valence-corrected chi connectivity index (χ2v) is 7.07. The van der Waals surface area contributed by atoms with Gasteiger partial charge in [0.25, 0.3) is 0 Å². The number of aromatic nitrogens is 1. The number of morpholine rings is 1. The Balaban J connectivity index is 1.37. The number of nitrogens with zero attached hydrogens (tertiary/aromatic N) is 2. The van der Waals surface area contributed by atoms with E-state index in [-0.39, 0.29) is 12.2 Å².